The Morgan fingerprint density at radius 2 is 1.68 bits per heavy atom. The summed E-state index contributed by atoms with van der Waals surface area (Å²) in [4.78, 5) is 12.4. The number of halogens is 1. The zero-order valence-corrected chi connectivity index (χ0v) is 17.1. The zero-order valence-electron chi connectivity index (χ0n) is 14.7. The Bertz CT molecular complexity index is 653. The van der Waals surface area contributed by atoms with Crippen LogP contribution in [0.5, 0.6) is 0 Å². The Labute approximate surface area is 159 Å². The van der Waals surface area contributed by atoms with Crippen molar-refractivity contribution in [3.8, 4) is 0 Å². The largest absolute Gasteiger partial charge is 0.352 e. The third-order valence-electron chi connectivity index (χ3n) is 4.53. The van der Waals surface area contributed by atoms with Crippen molar-refractivity contribution in [2.24, 2.45) is 0 Å². The maximum Gasteiger partial charge on any atom is 0.235 e. The smallest absolute Gasteiger partial charge is 0.235 e. The average molecular weight is 431 g/mol. The van der Waals surface area contributed by atoms with Gasteiger partial charge in [0.15, 0.2) is 0 Å². The average Bonchev–Trinajstić information content (AvgIpc) is 2.50. The van der Waals surface area contributed by atoms with E-state index in [0.29, 0.717) is 0 Å². The van der Waals surface area contributed by atoms with Crippen molar-refractivity contribution in [2.45, 2.75) is 57.5 Å². The molecule has 0 unspecified atom stereocenters. The molecule has 0 aromatic heterocycles. The molecule has 0 spiro atoms. The van der Waals surface area contributed by atoms with Crippen molar-refractivity contribution in [2.75, 3.05) is 12.8 Å². The molecule has 1 aromatic rings. The highest BCUT2D eigenvalue weighted by atomic mass is 79.9. The van der Waals surface area contributed by atoms with Crippen molar-refractivity contribution in [1.82, 2.24) is 9.62 Å². The summed E-state index contributed by atoms with van der Waals surface area (Å²) >= 11 is 3.36. The van der Waals surface area contributed by atoms with E-state index in [2.05, 4.69) is 21.2 Å². The summed E-state index contributed by atoms with van der Waals surface area (Å²) < 4.78 is 26.3. The van der Waals surface area contributed by atoms with Gasteiger partial charge in [0.05, 0.1) is 12.8 Å². The van der Waals surface area contributed by atoms with Crippen molar-refractivity contribution in [3.05, 3.63) is 34.3 Å². The second kappa shape index (κ2) is 9.69. The van der Waals surface area contributed by atoms with Crippen LogP contribution in [0.25, 0.3) is 0 Å². The number of amides is 1. The number of nitrogens with zero attached hydrogens (tertiary/aromatic N) is 1. The minimum absolute atomic E-state index is 0.134. The van der Waals surface area contributed by atoms with Gasteiger partial charge in [-0.1, -0.05) is 60.2 Å². The van der Waals surface area contributed by atoms with Crippen LogP contribution in [-0.2, 0) is 21.4 Å². The predicted molar refractivity (Wildman–Crippen MR) is 104 cm³/mol. The summed E-state index contributed by atoms with van der Waals surface area (Å²) in [7, 11) is -3.46. The van der Waals surface area contributed by atoms with Crippen molar-refractivity contribution >= 4 is 31.9 Å². The van der Waals surface area contributed by atoms with Crippen LogP contribution in [0.2, 0.25) is 0 Å². The highest BCUT2D eigenvalue weighted by Gasteiger charge is 2.22. The van der Waals surface area contributed by atoms with Crippen molar-refractivity contribution in [1.29, 1.82) is 0 Å². The molecule has 0 radical (unpaired) electrons. The fourth-order valence-corrected chi connectivity index (χ4v) is 4.12. The Morgan fingerprint density at radius 1 is 1.12 bits per heavy atom. The highest BCUT2D eigenvalue weighted by molar-refractivity contribution is 9.10. The van der Waals surface area contributed by atoms with Gasteiger partial charge in [0.25, 0.3) is 0 Å². The first kappa shape index (κ1) is 20.4. The Kier molecular flexibility index (Phi) is 7.90. The first-order valence-corrected chi connectivity index (χ1v) is 11.5. The molecule has 1 fully saturated rings. The minimum atomic E-state index is -3.46. The molecule has 0 aliphatic heterocycles. The quantitative estimate of drug-likeness (QED) is 0.751. The lowest BCUT2D eigenvalue weighted by Crippen LogP contribution is -2.43. The van der Waals surface area contributed by atoms with Gasteiger partial charge >= 0.3 is 0 Å². The van der Waals surface area contributed by atoms with E-state index < -0.39 is 10.0 Å². The number of nitrogens with one attached hydrogen (secondary N) is 1. The van der Waals surface area contributed by atoms with Crippen molar-refractivity contribution < 1.29 is 13.2 Å². The van der Waals surface area contributed by atoms with Crippen LogP contribution < -0.4 is 5.32 Å². The third kappa shape index (κ3) is 7.46. The van der Waals surface area contributed by atoms with Gasteiger partial charge in [-0.05, 0) is 30.5 Å². The number of rotatable bonds is 6. The van der Waals surface area contributed by atoms with E-state index in [1.165, 1.54) is 23.6 Å². The number of hydrogen-bond acceptors (Lipinski definition) is 3. The first-order valence-electron chi connectivity index (χ1n) is 8.83. The van der Waals surface area contributed by atoms with E-state index in [-0.39, 0.29) is 25.0 Å². The Morgan fingerprint density at radius 3 is 2.24 bits per heavy atom. The van der Waals surface area contributed by atoms with E-state index in [1.54, 1.807) is 0 Å². The second-order valence-corrected chi connectivity index (χ2v) is 9.67. The van der Waals surface area contributed by atoms with Crippen molar-refractivity contribution in [3.63, 3.8) is 0 Å². The molecule has 7 heteroatoms. The Balaban J connectivity index is 1.96. The molecular formula is C18H27BrN2O3S. The van der Waals surface area contributed by atoms with Gasteiger partial charge in [0.1, 0.15) is 0 Å². The predicted octanol–water partition coefficient (Wildman–Crippen LogP) is 3.44. The fourth-order valence-electron chi connectivity index (χ4n) is 3.12. The SMILES string of the molecule is CS(=O)(=O)N(CC(=O)NC1CCCCCCC1)Cc1ccc(Br)cc1. The standard InChI is InChI=1S/C18H27BrN2O3S/c1-25(23,24)21(13-15-9-11-16(19)12-10-15)14-18(22)20-17-7-5-3-2-4-6-8-17/h9-12,17H,2-8,13-14H2,1H3,(H,20,22). The molecule has 1 N–H and O–H groups in total. The summed E-state index contributed by atoms with van der Waals surface area (Å²) in [5.74, 6) is -0.215. The second-order valence-electron chi connectivity index (χ2n) is 6.77. The van der Waals surface area contributed by atoms with E-state index >= 15 is 0 Å². The summed E-state index contributed by atoms with van der Waals surface area (Å²) in [6.07, 6.45) is 9.06. The lowest BCUT2D eigenvalue weighted by Gasteiger charge is -2.24. The normalized spacial score (nSPS) is 17.1. The molecule has 0 heterocycles. The van der Waals surface area contributed by atoms with E-state index in [0.717, 1.165) is 42.0 Å². The zero-order chi connectivity index (χ0) is 18.3. The molecule has 25 heavy (non-hydrogen) atoms. The van der Waals surface area contributed by atoms with E-state index in [1.807, 2.05) is 24.3 Å². The topological polar surface area (TPSA) is 66.5 Å². The molecule has 1 aliphatic rings. The molecule has 140 valence electrons. The van der Waals surface area contributed by atoms with Gasteiger partial charge in [-0.2, -0.15) is 4.31 Å². The van der Waals surface area contributed by atoms with Gasteiger partial charge in [0.2, 0.25) is 15.9 Å². The summed E-state index contributed by atoms with van der Waals surface area (Å²) in [5.41, 5.74) is 0.854. The lowest BCUT2D eigenvalue weighted by atomic mass is 9.97. The van der Waals surface area contributed by atoms with Gasteiger partial charge in [0, 0.05) is 17.1 Å². The summed E-state index contributed by atoms with van der Waals surface area (Å²) in [5, 5.41) is 3.03. The van der Waals surface area contributed by atoms with Crippen LogP contribution >= 0.6 is 15.9 Å². The van der Waals surface area contributed by atoms with Gasteiger partial charge in [-0.15, -0.1) is 0 Å². The van der Waals surface area contributed by atoms with Gasteiger partial charge in [-0.25, -0.2) is 8.42 Å². The number of hydrogen-bond donors (Lipinski definition) is 1. The molecule has 1 aliphatic carbocycles. The van der Waals surface area contributed by atoms with Crippen LogP contribution in [0.15, 0.2) is 28.7 Å². The Hall–Kier alpha value is -0.920. The number of benzene rings is 1. The van der Waals surface area contributed by atoms with Crippen LogP contribution in [-0.4, -0.2) is 37.5 Å². The summed E-state index contributed by atoms with van der Waals surface area (Å²) in [6, 6.07) is 7.61. The van der Waals surface area contributed by atoms with Crippen LogP contribution in [0.3, 0.4) is 0 Å². The molecule has 1 saturated carbocycles. The van der Waals surface area contributed by atoms with Crippen LogP contribution in [0.1, 0.15) is 50.5 Å². The molecule has 5 nitrogen and oxygen atoms in total. The fraction of sp³-hybridized carbons (Fsp3) is 0.611. The number of sulfonamides is 1. The molecule has 0 saturated heterocycles. The van der Waals surface area contributed by atoms with Crippen LogP contribution in [0.4, 0.5) is 0 Å². The van der Waals surface area contributed by atoms with E-state index in [9.17, 15) is 13.2 Å². The minimum Gasteiger partial charge on any atom is -0.352 e. The molecule has 0 atom stereocenters. The first-order chi connectivity index (χ1) is 11.8. The summed E-state index contributed by atoms with van der Waals surface area (Å²) in [6.45, 7) is 0.0651. The van der Waals surface area contributed by atoms with Crippen LogP contribution in [0, 0.1) is 0 Å². The highest BCUT2D eigenvalue weighted by Crippen LogP contribution is 2.17. The maximum atomic E-state index is 12.4. The molecule has 0 bridgehead atoms. The lowest BCUT2D eigenvalue weighted by molar-refractivity contribution is -0.122. The van der Waals surface area contributed by atoms with E-state index in [4.69, 9.17) is 0 Å². The monoisotopic (exact) mass is 430 g/mol. The number of carbonyl (C=O) groups excluding carboxylic acids is 1. The molecule has 1 amide bonds. The number of carbonyl (C=O) groups is 1. The molecular weight excluding hydrogens is 404 g/mol. The van der Waals surface area contributed by atoms with Gasteiger partial charge < -0.3 is 5.32 Å². The van der Waals surface area contributed by atoms with Gasteiger partial charge in [-0.3, -0.25) is 4.79 Å². The molecule has 2 rings (SSSR count). The molecule has 1 aromatic carbocycles. The third-order valence-corrected chi connectivity index (χ3v) is 6.26. The maximum absolute atomic E-state index is 12.4.